The number of aliphatic hydroxyl groups is 1. The summed E-state index contributed by atoms with van der Waals surface area (Å²) in [6.07, 6.45) is 0.934. The van der Waals surface area contributed by atoms with Gasteiger partial charge < -0.3 is 10.8 Å². The Morgan fingerprint density at radius 2 is 2.25 bits per heavy atom. The van der Waals surface area contributed by atoms with Gasteiger partial charge in [0.1, 0.15) is 0 Å². The second-order valence-corrected chi connectivity index (χ2v) is 5.05. The van der Waals surface area contributed by atoms with Crippen LogP contribution in [0.15, 0.2) is 16.8 Å². The van der Waals surface area contributed by atoms with Crippen molar-refractivity contribution in [1.82, 2.24) is 4.90 Å². The summed E-state index contributed by atoms with van der Waals surface area (Å²) in [5.74, 6) is 0. The average molecular weight is 242 g/mol. The number of hydrogen-bond donors (Lipinski definition) is 2. The molecule has 0 aromatic carbocycles. The highest BCUT2D eigenvalue weighted by atomic mass is 32.1. The van der Waals surface area contributed by atoms with Gasteiger partial charge in [0.25, 0.3) is 0 Å². The first-order valence-corrected chi connectivity index (χ1v) is 6.66. The molecule has 3 atom stereocenters. The molecule has 3 N–H and O–H groups in total. The molecular formula is C12H22N2OS. The monoisotopic (exact) mass is 242 g/mol. The van der Waals surface area contributed by atoms with Crippen molar-refractivity contribution >= 4 is 11.3 Å². The fraction of sp³-hybridized carbons (Fsp3) is 0.667. The molecule has 0 saturated heterocycles. The van der Waals surface area contributed by atoms with Gasteiger partial charge in [-0.1, -0.05) is 6.92 Å². The number of nitrogens with zero attached hydrogens (tertiary/aromatic N) is 1. The molecule has 1 aromatic rings. The smallest absolute Gasteiger partial charge is 0.0584 e. The van der Waals surface area contributed by atoms with Crippen LogP contribution in [0.3, 0.4) is 0 Å². The molecule has 0 aliphatic carbocycles. The van der Waals surface area contributed by atoms with Gasteiger partial charge in [-0.15, -0.1) is 0 Å². The highest BCUT2D eigenvalue weighted by Crippen LogP contribution is 2.27. The van der Waals surface area contributed by atoms with Crippen molar-refractivity contribution < 1.29 is 5.11 Å². The molecule has 0 saturated carbocycles. The van der Waals surface area contributed by atoms with Crippen LogP contribution >= 0.6 is 11.3 Å². The van der Waals surface area contributed by atoms with E-state index in [9.17, 15) is 5.11 Å². The summed E-state index contributed by atoms with van der Waals surface area (Å²) in [6, 6.07) is 2.54. The first-order chi connectivity index (χ1) is 7.61. The van der Waals surface area contributed by atoms with Crippen molar-refractivity contribution in [2.75, 3.05) is 13.7 Å². The second-order valence-electron chi connectivity index (χ2n) is 4.27. The number of thiophene rings is 1. The molecule has 1 heterocycles. The summed E-state index contributed by atoms with van der Waals surface area (Å²) in [5.41, 5.74) is 7.44. The maximum absolute atomic E-state index is 9.23. The topological polar surface area (TPSA) is 49.5 Å². The van der Waals surface area contributed by atoms with E-state index in [0.717, 1.165) is 6.42 Å². The van der Waals surface area contributed by atoms with Crippen molar-refractivity contribution in [1.29, 1.82) is 0 Å². The van der Waals surface area contributed by atoms with E-state index in [1.807, 2.05) is 14.0 Å². The van der Waals surface area contributed by atoms with Gasteiger partial charge in [0.05, 0.1) is 12.6 Å². The Bertz CT molecular complexity index is 289. The normalized spacial score (nSPS) is 17.4. The Hall–Kier alpha value is -0.420. The molecule has 1 rings (SSSR count). The van der Waals surface area contributed by atoms with Crippen molar-refractivity contribution in [2.24, 2.45) is 5.73 Å². The van der Waals surface area contributed by atoms with Crippen molar-refractivity contribution in [3.8, 4) is 0 Å². The number of nitrogens with two attached hydrogens (primary N) is 1. The Balaban J connectivity index is 2.87. The number of rotatable bonds is 6. The molecule has 0 aliphatic rings. The van der Waals surface area contributed by atoms with E-state index in [2.05, 4.69) is 28.7 Å². The van der Waals surface area contributed by atoms with Gasteiger partial charge in [0.2, 0.25) is 0 Å². The zero-order valence-electron chi connectivity index (χ0n) is 10.3. The highest BCUT2D eigenvalue weighted by molar-refractivity contribution is 7.07. The molecule has 0 amide bonds. The number of likely N-dealkylation sites (N-methyl/N-ethyl adjacent to an activating group) is 1. The van der Waals surface area contributed by atoms with Gasteiger partial charge in [0, 0.05) is 12.1 Å². The third kappa shape index (κ3) is 3.04. The van der Waals surface area contributed by atoms with Gasteiger partial charge in [-0.25, -0.2) is 0 Å². The van der Waals surface area contributed by atoms with Gasteiger partial charge in [-0.05, 0) is 42.8 Å². The summed E-state index contributed by atoms with van der Waals surface area (Å²) in [5, 5.41) is 13.4. The largest absolute Gasteiger partial charge is 0.395 e. The predicted octanol–water partition coefficient (Wildman–Crippen LogP) is 1.84. The fourth-order valence-corrected chi connectivity index (χ4v) is 2.54. The number of hydrogen-bond acceptors (Lipinski definition) is 4. The first-order valence-electron chi connectivity index (χ1n) is 5.72. The van der Waals surface area contributed by atoms with Gasteiger partial charge >= 0.3 is 0 Å². The van der Waals surface area contributed by atoms with Crippen molar-refractivity contribution in [2.45, 2.75) is 38.4 Å². The molecule has 92 valence electrons. The van der Waals surface area contributed by atoms with Crippen LogP contribution in [0.1, 0.15) is 31.9 Å². The van der Waals surface area contributed by atoms with E-state index in [1.165, 1.54) is 5.56 Å². The highest BCUT2D eigenvalue weighted by Gasteiger charge is 2.26. The van der Waals surface area contributed by atoms with Crippen molar-refractivity contribution in [3.63, 3.8) is 0 Å². The summed E-state index contributed by atoms with van der Waals surface area (Å²) in [4.78, 5) is 2.16. The van der Waals surface area contributed by atoms with E-state index in [0.29, 0.717) is 0 Å². The minimum Gasteiger partial charge on any atom is -0.395 e. The fourth-order valence-electron chi connectivity index (χ4n) is 1.85. The van der Waals surface area contributed by atoms with Crippen LogP contribution in [0.2, 0.25) is 0 Å². The Morgan fingerprint density at radius 3 is 2.69 bits per heavy atom. The van der Waals surface area contributed by atoms with Crippen molar-refractivity contribution in [3.05, 3.63) is 22.4 Å². The quantitative estimate of drug-likeness (QED) is 0.800. The van der Waals surface area contributed by atoms with Gasteiger partial charge in [0.15, 0.2) is 0 Å². The molecule has 4 heteroatoms. The third-order valence-electron chi connectivity index (χ3n) is 3.16. The molecule has 16 heavy (non-hydrogen) atoms. The molecule has 0 bridgehead atoms. The van der Waals surface area contributed by atoms with Crippen LogP contribution in [0.4, 0.5) is 0 Å². The summed E-state index contributed by atoms with van der Waals surface area (Å²) >= 11 is 1.69. The lowest BCUT2D eigenvalue weighted by Crippen LogP contribution is -2.44. The molecule has 0 spiro atoms. The Labute approximate surface area is 102 Å². The van der Waals surface area contributed by atoms with Crippen LogP contribution < -0.4 is 5.73 Å². The molecule has 0 radical (unpaired) electrons. The predicted molar refractivity (Wildman–Crippen MR) is 69.6 cm³/mol. The maximum atomic E-state index is 9.23. The van der Waals surface area contributed by atoms with Crippen LogP contribution in [-0.4, -0.2) is 35.7 Å². The lowest BCUT2D eigenvalue weighted by molar-refractivity contribution is 0.106. The lowest BCUT2D eigenvalue weighted by atomic mass is 9.98. The summed E-state index contributed by atoms with van der Waals surface area (Å²) in [6.45, 7) is 4.27. The standard InChI is InChI=1S/C12H22N2OS/c1-4-11(13)12(10-5-6-16-8-10)14(3)9(2)7-15/h5-6,8-9,11-12,15H,4,7,13H2,1-3H3. The van der Waals surface area contributed by atoms with Crippen LogP contribution in [0.5, 0.6) is 0 Å². The summed E-state index contributed by atoms with van der Waals surface area (Å²) < 4.78 is 0. The summed E-state index contributed by atoms with van der Waals surface area (Å²) in [7, 11) is 2.03. The van der Waals surface area contributed by atoms with Gasteiger partial charge in [-0.2, -0.15) is 11.3 Å². The Morgan fingerprint density at radius 1 is 1.56 bits per heavy atom. The van der Waals surface area contributed by atoms with E-state index in [4.69, 9.17) is 5.73 Å². The zero-order chi connectivity index (χ0) is 12.1. The minimum absolute atomic E-state index is 0.105. The molecule has 0 fully saturated rings. The van der Waals surface area contributed by atoms with Crippen LogP contribution in [0.25, 0.3) is 0 Å². The SMILES string of the molecule is CCC(N)C(c1ccsc1)N(C)C(C)CO. The van der Waals surface area contributed by atoms with Gasteiger partial charge in [-0.3, -0.25) is 4.90 Å². The van der Waals surface area contributed by atoms with E-state index in [-0.39, 0.29) is 24.7 Å². The molecular weight excluding hydrogens is 220 g/mol. The molecule has 0 aliphatic heterocycles. The zero-order valence-corrected chi connectivity index (χ0v) is 11.1. The lowest BCUT2D eigenvalue weighted by Gasteiger charge is -2.35. The van der Waals surface area contributed by atoms with E-state index >= 15 is 0 Å². The van der Waals surface area contributed by atoms with E-state index in [1.54, 1.807) is 11.3 Å². The average Bonchev–Trinajstić information content (AvgIpc) is 2.81. The first kappa shape index (κ1) is 13.6. The van der Waals surface area contributed by atoms with Crippen LogP contribution in [0, 0.1) is 0 Å². The third-order valence-corrected chi connectivity index (χ3v) is 3.86. The van der Waals surface area contributed by atoms with E-state index < -0.39 is 0 Å². The molecule has 3 unspecified atom stereocenters. The second kappa shape index (κ2) is 6.35. The number of aliphatic hydroxyl groups excluding tert-OH is 1. The molecule has 3 nitrogen and oxygen atoms in total. The van der Waals surface area contributed by atoms with Crippen LogP contribution in [-0.2, 0) is 0 Å². The molecule has 1 aromatic heterocycles. The Kier molecular flexibility index (Phi) is 5.41. The maximum Gasteiger partial charge on any atom is 0.0584 e. The minimum atomic E-state index is 0.105.